The highest BCUT2D eigenvalue weighted by Crippen LogP contribution is 2.22. The van der Waals surface area contributed by atoms with Gasteiger partial charge in [-0.2, -0.15) is 0 Å². The minimum atomic E-state index is 0.267. The molecule has 0 fully saturated rings. The summed E-state index contributed by atoms with van der Waals surface area (Å²) in [4.78, 5) is 1.40. The molecule has 1 aromatic heterocycles. The van der Waals surface area contributed by atoms with Gasteiger partial charge in [0, 0.05) is 17.5 Å². The third-order valence-electron chi connectivity index (χ3n) is 2.08. The standard InChI is InChI=1S/C10H17NOS/c1-8-4-7-13-10(8)9(2)11-5-3-6-12/h4,7,9,11-12H,3,5-6H2,1-2H3/t9-/m0/s1. The van der Waals surface area contributed by atoms with Crippen molar-refractivity contribution in [1.29, 1.82) is 0 Å². The number of rotatable bonds is 5. The van der Waals surface area contributed by atoms with Gasteiger partial charge >= 0.3 is 0 Å². The molecule has 0 saturated heterocycles. The van der Waals surface area contributed by atoms with Crippen LogP contribution in [0.1, 0.15) is 29.8 Å². The minimum Gasteiger partial charge on any atom is -0.396 e. The summed E-state index contributed by atoms with van der Waals surface area (Å²) in [5.41, 5.74) is 1.36. The van der Waals surface area contributed by atoms with Gasteiger partial charge in [-0.25, -0.2) is 0 Å². The van der Waals surface area contributed by atoms with Crippen LogP contribution in [0, 0.1) is 6.92 Å². The number of thiophene rings is 1. The van der Waals surface area contributed by atoms with E-state index in [-0.39, 0.29) is 6.61 Å². The summed E-state index contributed by atoms with van der Waals surface area (Å²) in [7, 11) is 0. The Hall–Kier alpha value is -0.380. The molecule has 1 aromatic rings. The number of aliphatic hydroxyl groups excluding tert-OH is 1. The molecule has 0 unspecified atom stereocenters. The Morgan fingerprint density at radius 2 is 2.38 bits per heavy atom. The van der Waals surface area contributed by atoms with Crippen molar-refractivity contribution in [3.05, 3.63) is 21.9 Å². The molecule has 0 aliphatic rings. The number of hydrogen-bond donors (Lipinski definition) is 2. The van der Waals surface area contributed by atoms with Crippen LogP contribution in [-0.2, 0) is 0 Å². The summed E-state index contributed by atoms with van der Waals surface area (Å²) >= 11 is 1.79. The molecule has 0 radical (unpaired) electrons. The van der Waals surface area contributed by atoms with Gasteiger partial charge in [-0.3, -0.25) is 0 Å². The lowest BCUT2D eigenvalue weighted by Crippen LogP contribution is -2.20. The summed E-state index contributed by atoms with van der Waals surface area (Å²) in [6.45, 7) is 5.45. The Balaban J connectivity index is 2.39. The van der Waals surface area contributed by atoms with Gasteiger partial charge in [-0.05, 0) is 43.8 Å². The average molecular weight is 199 g/mol. The first-order valence-electron chi connectivity index (χ1n) is 4.64. The first-order valence-corrected chi connectivity index (χ1v) is 5.52. The zero-order valence-corrected chi connectivity index (χ0v) is 9.03. The second-order valence-electron chi connectivity index (χ2n) is 3.22. The van der Waals surface area contributed by atoms with Crippen LogP contribution in [-0.4, -0.2) is 18.3 Å². The molecule has 3 heteroatoms. The normalized spacial score (nSPS) is 13.2. The summed E-state index contributed by atoms with van der Waals surface area (Å²) in [6, 6.07) is 2.55. The van der Waals surface area contributed by atoms with E-state index in [9.17, 15) is 0 Å². The molecule has 0 amide bonds. The largest absolute Gasteiger partial charge is 0.396 e. The predicted octanol–water partition coefficient (Wildman–Crippen LogP) is 2.09. The van der Waals surface area contributed by atoms with Crippen LogP contribution >= 0.6 is 11.3 Å². The van der Waals surface area contributed by atoms with Gasteiger partial charge in [-0.1, -0.05) is 0 Å². The molecule has 0 aromatic carbocycles. The van der Waals surface area contributed by atoms with Crippen molar-refractivity contribution in [3.8, 4) is 0 Å². The Kier molecular flexibility index (Phi) is 4.42. The van der Waals surface area contributed by atoms with E-state index >= 15 is 0 Å². The average Bonchev–Trinajstić information content (AvgIpc) is 2.52. The number of aryl methyl sites for hydroxylation is 1. The molecule has 0 bridgehead atoms. The van der Waals surface area contributed by atoms with E-state index in [4.69, 9.17) is 5.11 Å². The second-order valence-corrected chi connectivity index (χ2v) is 4.17. The van der Waals surface area contributed by atoms with Crippen LogP contribution in [0.25, 0.3) is 0 Å². The molecule has 0 aliphatic heterocycles. The van der Waals surface area contributed by atoms with Gasteiger partial charge in [-0.15, -0.1) is 11.3 Å². The molecule has 2 N–H and O–H groups in total. The molecule has 74 valence electrons. The lowest BCUT2D eigenvalue weighted by molar-refractivity contribution is 0.284. The van der Waals surface area contributed by atoms with Gasteiger partial charge in [0.05, 0.1) is 0 Å². The second kappa shape index (κ2) is 5.37. The molecular formula is C10H17NOS. The maximum absolute atomic E-state index is 8.63. The predicted molar refractivity (Wildman–Crippen MR) is 57.2 cm³/mol. The molecule has 1 rings (SSSR count). The Bertz CT molecular complexity index is 247. The maximum Gasteiger partial charge on any atom is 0.0443 e. The van der Waals surface area contributed by atoms with Crippen molar-refractivity contribution >= 4 is 11.3 Å². The van der Waals surface area contributed by atoms with Gasteiger partial charge in [0.1, 0.15) is 0 Å². The quantitative estimate of drug-likeness (QED) is 0.712. The van der Waals surface area contributed by atoms with Gasteiger partial charge in [0.25, 0.3) is 0 Å². The molecule has 0 spiro atoms. The fourth-order valence-electron chi connectivity index (χ4n) is 1.32. The smallest absolute Gasteiger partial charge is 0.0443 e. The van der Waals surface area contributed by atoms with Crippen molar-refractivity contribution in [2.75, 3.05) is 13.2 Å². The maximum atomic E-state index is 8.63. The Morgan fingerprint density at radius 3 is 2.92 bits per heavy atom. The molecule has 2 nitrogen and oxygen atoms in total. The van der Waals surface area contributed by atoms with Gasteiger partial charge in [0.2, 0.25) is 0 Å². The molecule has 13 heavy (non-hydrogen) atoms. The van der Waals surface area contributed by atoms with Gasteiger partial charge in [0.15, 0.2) is 0 Å². The zero-order chi connectivity index (χ0) is 9.68. The van der Waals surface area contributed by atoms with E-state index in [0.717, 1.165) is 13.0 Å². The highest BCUT2D eigenvalue weighted by atomic mass is 32.1. The van der Waals surface area contributed by atoms with E-state index in [1.54, 1.807) is 11.3 Å². The third kappa shape index (κ3) is 3.10. The molecule has 0 aliphatic carbocycles. The minimum absolute atomic E-state index is 0.267. The van der Waals surface area contributed by atoms with Crippen molar-refractivity contribution in [2.45, 2.75) is 26.3 Å². The number of aliphatic hydroxyl groups is 1. The van der Waals surface area contributed by atoms with Gasteiger partial charge < -0.3 is 10.4 Å². The number of nitrogens with one attached hydrogen (secondary N) is 1. The molecule has 1 heterocycles. The van der Waals surface area contributed by atoms with Crippen molar-refractivity contribution in [1.82, 2.24) is 5.32 Å². The van der Waals surface area contributed by atoms with Crippen LogP contribution in [0.5, 0.6) is 0 Å². The van der Waals surface area contributed by atoms with E-state index in [1.807, 2.05) is 0 Å². The van der Waals surface area contributed by atoms with Crippen LogP contribution in [0.15, 0.2) is 11.4 Å². The first-order chi connectivity index (χ1) is 6.25. The van der Waals surface area contributed by atoms with E-state index < -0.39 is 0 Å². The van der Waals surface area contributed by atoms with Crippen LogP contribution in [0.2, 0.25) is 0 Å². The Morgan fingerprint density at radius 1 is 1.62 bits per heavy atom. The van der Waals surface area contributed by atoms with E-state index in [0.29, 0.717) is 6.04 Å². The van der Waals surface area contributed by atoms with E-state index in [1.165, 1.54) is 10.4 Å². The first kappa shape index (κ1) is 10.7. The zero-order valence-electron chi connectivity index (χ0n) is 8.21. The molecular weight excluding hydrogens is 182 g/mol. The fourth-order valence-corrected chi connectivity index (χ4v) is 2.28. The highest BCUT2D eigenvalue weighted by Gasteiger charge is 2.07. The summed E-state index contributed by atoms with van der Waals surface area (Å²) in [5, 5.41) is 14.1. The van der Waals surface area contributed by atoms with Crippen LogP contribution in [0.3, 0.4) is 0 Å². The summed E-state index contributed by atoms with van der Waals surface area (Å²) in [5.74, 6) is 0. The monoisotopic (exact) mass is 199 g/mol. The third-order valence-corrected chi connectivity index (χ3v) is 3.28. The number of hydrogen-bond acceptors (Lipinski definition) is 3. The topological polar surface area (TPSA) is 32.3 Å². The lowest BCUT2D eigenvalue weighted by Gasteiger charge is -2.12. The van der Waals surface area contributed by atoms with Crippen LogP contribution in [0.4, 0.5) is 0 Å². The molecule has 1 atom stereocenters. The molecule has 0 saturated carbocycles. The SMILES string of the molecule is Cc1ccsc1[C@H](C)NCCCO. The van der Waals surface area contributed by atoms with Crippen LogP contribution < -0.4 is 5.32 Å². The van der Waals surface area contributed by atoms with Crippen molar-refractivity contribution < 1.29 is 5.11 Å². The summed E-state index contributed by atoms with van der Waals surface area (Å²) in [6.07, 6.45) is 0.828. The fraction of sp³-hybridized carbons (Fsp3) is 0.600. The lowest BCUT2D eigenvalue weighted by atomic mass is 10.2. The van der Waals surface area contributed by atoms with Crippen molar-refractivity contribution in [3.63, 3.8) is 0 Å². The highest BCUT2D eigenvalue weighted by molar-refractivity contribution is 7.10. The van der Waals surface area contributed by atoms with Crippen molar-refractivity contribution in [2.24, 2.45) is 0 Å². The Labute approximate surface area is 83.6 Å². The van der Waals surface area contributed by atoms with E-state index in [2.05, 4.69) is 30.6 Å². The summed E-state index contributed by atoms with van der Waals surface area (Å²) < 4.78 is 0.